The molecular formula is C10H9N5O. The minimum atomic E-state index is 0.190. The van der Waals surface area contributed by atoms with Crippen molar-refractivity contribution in [1.82, 2.24) is 9.97 Å². The Labute approximate surface area is 91.5 Å². The molecule has 0 aliphatic carbocycles. The van der Waals surface area contributed by atoms with Crippen LogP contribution in [0.4, 0.5) is 23.1 Å². The van der Waals surface area contributed by atoms with Crippen LogP contribution in [-0.2, 0) is 0 Å². The minimum Gasteiger partial charge on any atom is -0.368 e. The van der Waals surface area contributed by atoms with Gasteiger partial charge in [-0.3, -0.25) is 0 Å². The third kappa shape index (κ3) is 2.30. The Morgan fingerprint density at radius 3 is 2.94 bits per heavy atom. The minimum absolute atomic E-state index is 0.190. The van der Waals surface area contributed by atoms with Crippen molar-refractivity contribution in [2.75, 3.05) is 11.1 Å². The second kappa shape index (κ2) is 4.35. The maximum Gasteiger partial charge on any atom is 0.221 e. The smallest absolute Gasteiger partial charge is 0.221 e. The Balaban J connectivity index is 2.23. The topological polar surface area (TPSA) is 93.3 Å². The highest BCUT2D eigenvalue weighted by atomic mass is 16.3. The van der Waals surface area contributed by atoms with Crippen molar-refractivity contribution in [3.8, 4) is 0 Å². The average Bonchev–Trinajstić information content (AvgIpc) is 2.29. The molecule has 2 rings (SSSR count). The molecule has 0 amide bonds. The molecule has 0 aliphatic heterocycles. The van der Waals surface area contributed by atoms with Crippen molar-refractivity contribution < 1.29 is 0 Å². The van der Waals surface area contributed by atoms with E-state index in [4.69, 9.17) is 5.73 Å². The van der Waals surface area contributed by atoms with Gasteiger partial charge in [-0.25, -0.2) is 4.98 Å². The Morgan fingerprint density at radius 1 is 1.31 bits per heavy atom. The van der Waals surface area contributed by atoms with Crippen molar-refractivity contribution in [1.29, 1.82) is 0 Å². The molecule has 6 heteroatoms. The highest BCUT2D eigenvalue weighted by Crippen LogP contribution is 2.20. The van der Waals surface area contributed by atoms with Crippen LogP contribution in [0.5, 0.6) is 0 Å². The first kappa shape index (κ1) is 10.0. The van der Waals surface area contributed by atoms with Gasteiger partial charge in [-0.1, -0.05) is 6.07 Å². The van der Waals surface area contributed by atoms with Gasteiger partial charge >= 0.3 is 0 Å². The first-order valence-electron chi connectivity index (χ1n) is 4.57. The first-order valence-corrected chi connectivity index (χ1v) is 4.57. The first-order chi connectivity index (χ1) is 7.78. The Morgan fingerprint density at radius 2 is 2.19 bits per heavy atom. The summed E-state index contributed by atoms with van der Waals surface area (Å²) in [7, 11) is 0. The van der Waals surface area contributed by atoms with Gasteiger partial charge in [0.2, 0.25) is 5.95 Å². The Bertz CT molecular complexity index is 514. The molecule has 0 spiro atoms. The van der Waals surface area contributed by atoms with E-state index in [0.29, 0.717) is 11.5 Å². The van der Waals surface area contributed by atoms with E-state index >= 15 is 0 Å². The van der Waals surface area contributed by atoms with Crippen LogP contribution in [-0.4, -0.2) is 9.97 Å². The predicted octanol–water partition coefficient (Wildman–Crippen LogP) is 2.20. The standard InChI is InChI=1S/C10H9N5O/c11-10-12-5-4-9(14-10)13-7-2-1-3-8(6-7)15-16/h1-6H,(H3,11,12,13,14). The third-order valence-electron chi connectivity index (χ3n) is 1.90. The second-order valence-corrected chi connectivity index (χ2v) is 3.07. The van der Waals surface area contributed by atoms with Crippen molar-refractivity contribution in [3.63, 3.8) is 0 Å². The van der Waals surface area contributed by atoms with Gasteiger partial charge in [0.1, 0.15) is 11.5 Å². The summed E-state index contributed by atoms with van der Waals surface area (Å²) in [4.78, 5) is 18.1. The molecule has 0 unspecified atom stereocenters. The number of nitrogens with one attached hydrogen (secondary N) is 1. The number of nitrogens with two attached hydrogens (primary N) is 1. The van der Waals surface area contributed by atoms with Gasteiger partial charge in [0.25, 0.3) is 0 Å². The zero-order valence-corrected chi connectivity index (χ0v) is 8.29. The van der Waals surface area contributed by atoms with Crippen molar-refractivity contribution in [2.45, 2.75) is 0 Å². The number of anilines is 3. The summed E-state index contributed by atoms with van der Waals surface area (Å²) >= 11 is 0. The van der Waals surface area contributed by atoms with Crippen molar-refractivity contribution >= 4 is 23.1 Å². The molecular weight excluding hydrogens is 206 g/mol. The van der Waals surface area contributed by atoms with Gasteiger partial charge in [0, 0.05) is 11.9 Å². The van der Waals surface area contributed by atoms with Crippen LogP contribution in [0.25, 0.3) is 0 Å². The zero-order chi connectivity index (χ0) is 11.4. The normalized spacial score (nSPS) is 9.75. The molecule has 0 saturated carbocycles. The van der Waals surface area contributed by atoms with Crippen LogP contribution in [0.2, 0.25) is 0 Å². The van der Waals surface area contributed by atoms with Crippen LogP contribution in [0.1, 0.15) is 0 Å². The van der Waals surface area contributed by atoms with Crippen LogP contribution in [0.15, 0.2) is 41.7 Å². The highest BCUT2D eigenvalue weighted by molar-refractivity contribution is 5.61. The molecule has 16 heavy (non-hydrogen) atoms. The maximum atomic E-state index is 10.3. The molecule has 1 aromatic carbocycles. The van der Waals surface area contributed by atoms with Crippen molar-refractivity contribution in [2.24, 2.45) is 5.18 Å². The molecule has 3 N–H and O–H groups in total. The van der Waals surface area contributed by atoms with Crippen LogP contribution < -0.4 is 11.1 Å². The van der Waals surface area contributed by atoms with Gasteiger partial charge in [-0.15, -0.1) is 4.91 Å². The second-order valence-electron chi connectivity index (χ2n) is 3.07. The van der Waals surface area contributed by atoms with E-state index in [-0.39, 0.29) is 5.95 Å². The van der Waals surface area contributed by atoms with Gasteiger partial charge in [0.15, 0.2) is 0 Å². The average molecular weight is 215 g/mol. The lowest BCUT2D eigenvalue weighted by atomic mass is 10.3. The van der Waals surface area contributed by atoms with Crippen molar-refractivity contribution in [3.05, 3.63) is 41.4 Å². The highest BCUT2D eigenvalue weighted by Gasteiger charge is 1.98. The fourth-order valence-corrected chi connectivity index (χ4v) is 1.23. The quantitative estimate of drug-likeness (QED) is 0.765. The molecule has 0 fully saturated rings. The monoisotopic (exact) mass is 215 g/mol. The fraction of sp³-hybridized carbons (Fsp3) is 0. The van der Waals surface area contributed by atoms with Crippen LogP contribution >= 0.6 is 0 Å². The molecule has 6 nitrogen and oxygen atoms in total. The van der Waals surface area contributed by atoms with E-state index in [1.165, 1.54) is 0 Å². The lowest BCUT2D eigenvalue weighted by Gasteiger charge is -2.05. The number of aromatic nitrogens is 2. The lowest BCUT2D eigenvalue weighted by Crippen LogP contribution is -1.98. The molecule has 1 aromatic heterocycles. The van der Waals surface area contributed by atoms with Gasteiger partial charge < -0.3 is 11.1 Å². The van der Waals surface area contributed by atoms with Crippen LogP contribution in [0, 0.1) is 4.91 Å². The number of nitrogens with zero attached hydrogens (tertiary/aromatic N) is 3. The van der Waals surface area contributed by atoms with Gasteiger partial charge in [-0.2, -0.15) is 4.98 Å². The summed E-state index contributed by atoms with van der Waals surface area (Å²) in [6, 6.07) is 8.44. The SMILES string of the molecule is Nc1nccc(Nc2cccc(N=O)c2)n1. The Hall–Kier alpha value is -2.50. The summed E-state index contributed by atoms with van der Waals surface area (Å²) < 4.78 is 0. The molecule has 0 radical (unpaired) electrons. The maximum absolute atomic E-state index is 10.3. The summed E-state index contributed by atoms with van der Waals surface area (Å²) in [5, 5.41) is 5.83. The Kier molecular flexibility index (Phi) is 2.73. The van der Waals surface area contributed by atoms with E-state index in [2.05, 4.69) is 20.5 Å². The van der Waals surface area contributed by atoms with Gasteiger partial charge in [-0.05, 0) is 29.4 Å². The van der Waals surface area contributed by atoms with E-state index in [1.807, 2.05) is 0 Å². The zero-order valence-electron chi connectivity index (χ0n) is 8.29. The van der Waals surface area contributed by atoms with Crippen LogP contribution in [0.3, 0.4) is 0 Å². The molecule has 0 aliphatic rings. The number of nitrogen functional groups attached to an aromatic ring is 1. The molecule has 0 bridgehead atoms. The molecule has 1 heterocycles. The largest absolute Gasteiger partial charge is 0.368 e. The summed E-state index contributed by atoms with van der Waals surface area (Å²) in [6.07, 6.45) is 1.55. The lowest BCUT2D eigenvalue weighted by molar-refractivity contribution is 1.18. The van der Waals surface area contributed by atoms with E-state index in [0.717, 1.165) is 5.69 Å². The molecule has 0 atom stereocenters. The third-order valence-corrected chi connectivity index (χ3v) is 1.90. The van der Waals surface area contributed by atoms with E-state index < -0.39 is 0 Å². The predicted molar refractivity (Wildman–Crippen MR) is 61.6 cm³/mol. The molecule has 80 valence electrons. The number of benzene rings is 1. The summed E-state index contributed by atoms with van der Waals surface area (Å²) in [5.74, 6) is 0.755. The van der Waals surface area contributed by atoms with E-state index in [9.17, 15) is 4.91 Å². The number of nitroso groups, excluding NO2 is 1. The number of rotatable bonds is 3. The molecule has 0 saturated heterocycles. The summed E-state index contributed by atoms with van der Waals surface area (Å²) in [5.41, 5.74) is 6.51. The van der Waals surface area contributed by atoms with E-state index in [1.54, 1.807) is 36.5 Å². The molecule has 2 aromatic rings. The fourth-order valence-electron chi connectivity index (χ4n) is 1.23. The van der Waals surface area contributed by atoms with Gasteiger partial charge in [0.05, 0.1) is 0 Å². The summed E-state index contributed by atoms with van der Waals surface area (Å²) in [6.45, 7) is 0. The number of hydrogen-bond donors (Lipinski definition) is 2. The number of hydrogen-bond acceptors (Lipinski definition) is 6.